The van der Waals surface area contributed by atoms with Crippen LogP contribution in [0.5, 0.6) is 0 Å². The number of esters is 1. The molecular formula is C20H19ClFNO5. The summed E-state index contributed by atoms with van der Waals surface area (Å²) in [6, 6.07) is 12.0. The Morgan fingerprint density at radius 1 is 1.18 bits per heavy atom. The van der Waals surface area contributed by atoms with E-state index in [4.69, 9.17) is 16.3 Å². The Bertz CT molecular complexity index is 863. The summed E-state index contributed by atoms with van der Waals surface area (Å²) in [5.74, 6) is -1.83. The van der Waals surface area contributed by atoms with Gasteiger partial charge in [-0.05, 0) is 36.1 Å². The largest absolute Gasteiger partial charge is 0.465 e. The number of likely N-dealkylation sites (tertiary alicyclic amines) is 1. The molecule has 1 saturated heterocycles. The average molecular weight is 408 g/mol. The number of nitrogens with zero attached hydrogens (tertiary/aromatic N) is 1. The topological polar surface area (TPSA) is 87.1 Å². The van der Waals surface area contributed by atoms with Crippen molar-refractivity contribution in [1.29, 1.82) is 0 Å². The standard InChI is InChI=1S/C20H19ClFNO5/c21-15-9-13(6-7-16(15)22)8-14-10-17(23(18(14)24)20(26)27)19(25)28-11-12-4-2-1-3-5-12/h1-7,9,14,17-18,24H,8,10-11H2,(H,26,27)/t14-,17+,18?/m0/s1. The van der Waals surface area contributed by atoms with E-state index < -0.39 is 36.1 Å². The van der Waals surface area contributed by atoms with Gasteiger partial charge in [0.2, 0.25) is 0 Å². The highest BCUT2D eigenvalue weighted by Gasteiger charge is 2.47. The van der Waals surface area contributed by atoms with E-state index in [0.29, 0.717) is 10.5 Å². The molecule has 1 unspecified atom stereocenters. The molecule has 1 amide bonds. The van der Waals surface area contributed by atoms with E-state index in [1.165, 1.54) is 18.2 Å². The first-order valence-electron chi connectivity index (χ1n) is 8.70. The maximum atomic E-state index is 13.3. The molecular weight excluding hydrogens is 389 g/mol. The highest BCUT2D eigenvalue weighted by Crippen LogP contribution is 2.33. The normalized spacial score (nSPS) is 21.5. The highest BCUT2D eigenvalue weighted by molar-refractivity contribution is 6.30. The van der Waals surface area contributed by atoms with Crippen molar-refractivity contribution in [3.05, 3.63) is 70.5 Å². The summed E-state index contributed by atoms with van der Waals surface area (Å²) in [7, 11) is 0. The van der Waals surface area contributed by atoms with E-state index in [1.807, 2.05) is 6.07 Å². The number of carbonyl (C=O) groups excluding carboxylic acids is 1. The Morgan fingerprint density at radius 3 is 2.54 bits per heavy atom. The minimum atomic E-state index is -1.41. The van der Waals surface area contributed by atoms with Crippen molar-refractivity contribution < 1.29 is 28.9 Å². The van der Waals surface area contributed by atoms with Gasteiger partial charge >= 0.3 is 12.1 Å². The van der Waals surface area contributed by atoms with Crippen molar-refractivity contribution >= 4 is 23.7 Å². The van der Waals surface area contributed by atoms with Crippen LogP contribution < -0.4 is 0 Å². The van der Waals surface area contributed by atoms with Crippen LogP contribution in [0.2, 0.25) is 5.02 Å². The third kappa shape index (κ3) is 4.43. The van der Waals surface area contributed by atoms with Crippen LogP contribution in [0.4, 0.5) is 9.18 Å². The summed E-state index contributed by atoms with van der Waals surface area (Å²) in [6.45, 7) is 0.0119. The van der Waals surface area contributed by atoms with Crippen LogP contribution in [0, 0.1) is 11.7 Å². The van der Waals surface area contributed by atoms with Gasteiger partial charge in [-0.2, -0.15) is 0 Å². The van der Waals surface area contributed by atoms with Crippen molar-refractivity contribution in [2.24, 2.45) is 5.92 Å². The lowest BCUT2D eigenvalue weighted by Gasteiger charge is -2.24. The number of amides is 1. The third-order valence-corrected chi connectivity index (χ3v) is 5.06. The lowest BCUT2D eigenvalue weighted by molar-refractivity contribution is -0.151. The van der Waals surface area contributed by atoms with E-state index in [2.05, 4.69) is 0 Å². The highest BCUT2D eigenvalue weighted by atomic mass is 35.5. The van der Waals surface area contributed by atoms with E-state index in [0.717, 1.165) is 5.56 Å². The van der Waals surface area contributed by atoms with Gasteiger partial charge in [-0.3, -0.25) is 4.90 Å². The second kappa shape index (κ2) is 8.58. The fourth-order valence-corrected chi connectivity index (χ4v) is 3.58. The maximum Gasteiger partial charge on any atom is 0.410 e. The van der Waals surface area contributed by atoms with Gasteiger partial charge in [0.05, 0.1) is 5.02 Å². The van der Waals surface area contributed by atoms with Crippen LogP contribution in [0.3, 0.4) is 0 Å². The molecule has 3 rings (SSSR count). The van der Waals surface area contributed by atoms with Crippen LogP contribution >= 0.6 is 11.6 Å². The fourth-order valence-electron chi connectivity index (χ4n) is 3.37. The van der Waals surface area contributed by atoms with Crippen molar-refractivity contribution in [3.63, 3.8) is 0 Å². The summed E-state index contributed by atoms with van der Waals surface area (Å²) in [5, 5.41) is 19.8. The molecule has 0 bridgehead atoms. The van der Waals surface area contributed by atoms with E-state index in [1.54, 1.807) is 24.3 Å². The molecule has 6 nitrogen and oxygen atoms in total. The van der Waals surface area contributed by atoms with Crippen molar-refractivity contribution in [2.45, 2.75) is 31.7 Å². The number of benzene rings is 2. The minimum absolute atomic E-state index is 0.0119. The van der Waals surface area contributed by atoms with E-state index >= 15 is 0 Å². The number of halogens is 2. The molecule has 1 heterocycles. The first-order chi connectivity index (χ1) is 13.4. The zero-order valence-electron chi connectivity index (χ0n) is 14.8. The zero-order chi connectivity index (χ0) is 20.3. The number of hydrogen-bond donors (Lipinski definition) is 2. The second-order valence-electron chi connectivity index (χ2n) is 6.66. The molecule has 0 saturated carbocycles. The van der Waals surface area contributed by atoms with Crippen LogP contribution in [0.15, 0.2) is 48.5 Å². The van der Waals surface area contributed by atoms with Gasteiger partial charge in [-0.25, -0.2) is 14.0 Å². The Labute approximate surface area is 166 Å². The molecule has 28 heavy (non-hydrogen) atoms. The molecule has 0 aromatic heterocycles. The Hall–Kier alpha value is -2.64. The Balaban J connectivity index is 1.70. The van der Waals surface area contributed by atoms with Crippen LogP contribution in [-0.2, 0) is 22.6 Å². The van der Waals surface area contributed by atoms with Gasteiger partial charge in [0, 0.05) is 5.92 Å². The molecule has 0 radical (unpaired) electrons. The minimum Gasteiger partial charge on any atom is -0.465 e. The molecule has 8 heteroatoms. The zero-order valence-corrected chi connectivity index (χ0v) is 15.6. The van der Waals surface area contributed by atoms with Gasteiger partial charge in [0.25, 0.3) is 0 Å². The molecule has 2 aromatic rings. The molecule has 1 aliphatic rings. The van der Waals surface area contributed by atoms with Crippen LogP contribution in [-0.4, -0.2) is 39.4 Å². The molecule has 2 aromatic carbocycles. The van der Waals surface area contributed by atoms with Crippen molar-refractivity contribution in [1.82, 2.24) is 4.90 Å². The van der Waals surface area contributed by atoms with Gasteiger partial charge in [-0.1, -0.05) is 48.0 Å². The number of ether oxygens (including phenoxy) is 1. The summed E-state index contributed by atoms with van der Waals surface area (Å²) < 4.78 is 18.6. The predicted octanol–water partition coefficient (Wildman–Crippen LogP) is 3.45. The fraction of sp³-hybridized carbons (Fsp3) is 0.300. The molecule has 1 aliphatic heterocycles. The van der Waals surface area contributed by atoms with Crippen molar-refractivity contribution in [2.75, 3.05) is 0 Å². The summed E-state index contributed by atoms with van der Waals surface area (Å²) in [4.78, 5) is 24.8. The molecule has 3 atom stereocenters. The van der Waals surface area contributed by atoms with Crippen LogP contribution in [0.1, 0.15) is 17.5 Å². The lowest BCUT2D eigenvalue weighted by Crippen LogP contribution is -2.45. The average Bonchev–Trinajstić information content (AvgIpc) is 3.00. The molecule has 0 aliphatic carbocycles. The first kappa shape index (κ1) is 20.1. The Kier molecular flexibility index (Phi) is 6.16. The number of rotatable bonds is 5. The molecule has 148 valence electrons. The quantitative estimate of drug-likeness (QED) is 0.741. The number of aliphatic hydroxyl groups is 1. The third-order valence-electron chi connectivity index (χ3n) is 4.77. The second-order valence-corrected chi connectivity index (χ2v) is 7.07. The smallest absolute Gasteiger partial charge is 0.410 e. The van der Waals surface area contributed by atoms with E-state index in [9.17, 15) is 24.2 Å². The van der Waals surface area contributed by atoms with Gasteiger partial charge < -0.3 is 14.9 Å². The molecule has 0 spiro atoms. The first-order valence-corrected chi connectivity index (χ1v) is 9.08. The maximum absolute atomic E-state index is 13.3. The summed E-state index contributed by atoms with van der Waals surface area (Å²) in [5.41, 5.74) is 1.41. The monoisotopic (exact) mass is 407 g/mol. The molecule has 2 N–H and O–H groups in total. The number of aliphatic hydroxyl groups excluding tert-OH is 1. The van der Waals surface area contributed by atoms with Crippen LogP contribution in [0.25, 0.3) is 0 Å². The number of hydrogen-bond acceptors (Lipinski definition) is 4. The van der Waals surface area contributed by atoms with Gasteiger partial charge in [0.15, 0.2) is 0 Å². The van der Waals surface area contributed by atoms with Gasteiger partial charge in [-0.15, -0.1) is 0 Å². The van der Waals surface area contributed by atoms with Gasteiger partial charge in [0.1, 0.15) is 24.7 Å². The predicted molar refractivity (Wildman–Crippen MR) is 99.1 cm³/mol. The summed E-state index contributed by atoms with van der Waals surface area (Å²) in [6.07, 6.45) is -2.45. The van der Waals surface area contributed by atoms with E-state index in [-0.39, 0.29) is 24.5 Å². The number of carboxylic acid groups (broad SMARTS) is 1. The lowest BCUT2D eigenvalue weighted by atomic mass is 9.95. The van der Waals surface area contributed by atoms with Crippen molar-refractivity contribution in [3.8, 4) is 0 Å². The SMILES string of the molecule is O=C(OCc1ccccc1)[C@H]1C[C@H](Cc2ccc(F)c(Cl)c2)C(O)N1C(=O)O. The number of carbonyl (C=O) groups is 2. The Morgan fingerprint density at radius 2 is 1.89 bits per heavy atom. The summed E-state index contributed by atoms with van der Waals surface area (Å²) >= 11 is 5.78. The molecule has 1 fully saturated rings.